The molecule has 4 fully saturated rings. The number of hydrogen-bond acceptors (Lipinski definition) is 7. The smallest absolute Gasteiger partial charge is 0.218 e. The Labute approximate surface area is 164 Å². The van der Waals surface area contributed by atoms with E-state index in [1.54, 1.807) is 0 Å². The number of carbonyl (C=O) groups is 2. The molecule has 4 bridgehead atoms. The van der Waals surface area contributed by atoms with E-state index in [-0.39, 0.29) is 35.9 Å². The van der Waals surface area contributed by atoms with E-state index in [1.807, 2.05) is 33.4 Å². The van der Waals surface area contributed by atoms with Crippen LogP contribution < -0.4 is 0 Å². The third-order valence-corrected chi connectivity index (χ3v) is 6.49. The molecule has 8 nitrogen and oxygen atoms in total. The van der Waals surface area contributed by atoms with Crippen LogP contribution in [-0.4, -0.2) is 58.7 Å². The largest absolute Gasteiger partial charge is 0.343 e. The van der Waals surface area contributed by atoms with Crippen LogP contribution in [0.1, 0.15) is 24.9 Å². The monoisotopic (exact) mass is 402 g/mol. The molecule has 28 heavy (non-hydrogen) atoms. The lowest BCUT2D eigenvalue weighted by molar-refractivity contribution is -0.156. The average molecular weight is 402 g/mol. The molecule has 0 amide bonds. The molecule has 5 heterocycles. The van der Waals surface area contributed by atoms with Crippen LogP contribution in [0.15, 0.2) is 24.3 Å². The topological polar surface area (TPSA) is 80.9 Å². The fraction of sp³-hybridized carbons (Fsp3) is 0.526. The molecule has 0 aliphatic carbocycles. The summed E-state index contributed by atoms with van der Waals surface area (Å²) in [4.78, 5) is 24.7. The first kappa shape index (κ1) is 17.0. The van der Waals surface area contributed by atoms with Crippen LogP contribution in [0.2, 0.25) is 0 Å². The lowest BCUT2D eigenvalue weighted by atomic mass is 10.0. The van der Waals surface area contributed by atoms with Crippen LogP contribution in [-0.2, 0) is 28.5 Å². The molecule has 4 saturated heterocycles. The number of carbonyl (C=O) groups excluding carboxylic acids is 2. The van der Waals surface area contributed by atoms with Crippen LogP contribution in [0, 0.1) is 4.77 Å². The minimum Gasteiger partial charge on any atom is -0.343 e. The Balaban J connectivity index is 1.52. The summed E-state index contributed by atoms with van der Waals surface area (Å²) in [6.07, 6.45) is -1.32. The summed E-state index contributed by atoms with van der Waals surface area (Å²) in [7, 11) is 0. The minimum absolute atomic E-state index is 0.0688. The molecule has 2 aromatic rings. The van der Waals surface area contributed by atoms with E-state index < -0.39 is 12.6 Å². The second kappa shape index (κ2) is 6.04. The van der Waals surface area contributed by atoms with Gasteiger partial charge < -0.3 is 28.1 Å². The van der Waals surface area contributed by atoms with Gasteiger partial charge in [0, 0.05) is 12.8 Å². The first-order valence-corrected chi connectivity index (χ1v) is 9.83. The maximum absolute atomic E-state index is 12.4. The zero-order valence-electron chi connectivity index (χ0n) is 14.9. The number of ketones is 2. The van der Waals surface area contributed by atoms with Crippen molar-refractivity contribution in [1.29, 1.82) is 0 Å². The molecule has 1 aromatic heterocycles. The van der Waals surface area contributed by atoms with E-state index in [0.29, 0.717) is 30.8 Å². The molecule has 1 aromatic carbocycles. The molecule has 4 aliphatic heterocycles. The van der Waals surface area contributed by atoms with Crippen molar-refractivity contribution in [1.82, 2.24) is 9.13 Å². The van der Waals surface area contributed by atoms with Crippen molar-refractivity contribution in [3.63, 3.8) is 0 Å². The fourth-order valence-corrected chi connectivity index (χ4v) is 5.27. The molecular formula is C19H18N2O6S. The molecule has 0 N–H and O–H groups in total. The summed E-state index contributed by atoms with van der Waals surface area (Å²) < 4.78 is 27.0. The Morgan fingerprint density at radius 3 is 1.75 bits per heavy atom. The summed E-state index contributed by atoms with van der Waals surface area (Å²) in [5, 5.41) is 0. The summed E-state index contributed by atoms with van der Waals surface area (Å²) in [6.45, 7) is 0.733. The number of rotatable bonds is 2. The molecule has 0 saturated carbocycles. The summed E-state index contributed by atoms with van der Waals surface area (Å²) in [5.74, 6) is -0.138. The number of para-hydroxylation sites is 2. The lowest BCUT2D eigenvalue weighted by Gasteiger charge is -2.29. The minimum atomic E-state index is -0.749. The number of Topliss-reactive ketones (excluding diaryl/α,β-unsaturated/α-hetero) is 2. The Morgan fingerprint density at radius 1 is 0.821 bits per heavy atom. The Morgan fingerprint density at radius 2 is 1.29 bits per heavy atom. The lowest BCUT2D eigenvalue weighted by Crippen LogP contribution is -2.38. The van der Waals surface area contributed by atoms with Gasteiger partial charge in [0.1, 0.15) is 12.2 Å². The van der Waals surface area contributed by atoms with Crippen LogP contribution in [0.4, 0.5) is 0 Å². The molecule has 4 aliphatic rings. The van der Waals surface area contributed by atoms with Crippen molar-refractivity contribution < 1.29 is 28.5 Å². The zero-order valence-corrected chi connectivity index (χ0v) is 15.7. The Kier molecular flexibility index (Phi) is 3.67. The van der Waals surface area contributed by atoms with Crippen LogP contribution in [0.25, 0.3) is 11.0 Å². The number of nitrogens with zero attached hydrogens (tertiary/aromatic N) is 2. The van der Waals surface area contributed by atoms with E-state index in [1.165, 1.54) is 0 Å². The van der Waals surface area contributed by atoms with Gasteiger partial charge >= 0.3 is 0 Å². The molecule has 0 radical (unpaired) electrons. The normalized spacial score (nSPS) is 37.1. The van der Waals surface area contributed by atoms with Gasteiger partial charge in [0.25, 0.3) is 0 Å². The number of benzene rings is 1. The second-order valence-corrected chi connectivity index (χ2v) is 8.03. The highest BCUT2D eigenvalue weighted by Gasteiger charge is 2.47. The van der Waals surface area contributed by atoms with Crippen LogP contribution in [0.3, 0.4) is 0 Å². The van der Waals surface area contributed by atoms with Crippen LogP contribution >= 0.6 is 12.2 Å². The standard InChI is InChI=1S/C19H18N2O6S/c22-13-5-11(15-7-24-17(13)26-15)20-9-3-1-2-4-10(9)21(19(20)28)12-6-14(23)18-25-8-16(12)27-18/h1-4,11-12,15-18H,5-8H2/t11-,12+,15-,16-,17+,18+/m0/s1. The second-order valence-electron chi connectivity index (χ2n) is 7.67. The van der Waals surface area contributed by atoms with Gasteiger partial charge in [-0.25, -0.2) is 0 Å². The maximum atomic E-state index is 12.4. The first-order valence-electron chi connectivity index (χ1n) is 9.43. The maximum Gasteiger partial charge on any atom is 0.218 e. The number of hydrogen-bond donors (Lipinski definition) is 0. The number of ether oxygens (including phenoxy) is 4. The van der Waals surface area contributed by atoms with E-state index in [2.05, 4.69) is 0 Å². The van der Waals surface area contributed by atoms with E-state index in [4.69, 9.17) is 31.2 Å². The summed E-state index contributed by atoms with van der Waals surface area (Å²) in [5.41, 5.74) is 1.82. The molecule has 0 spiro atoms. The van der Waals surface area contributed by atoms with Crippen molar-refractivity contribution in [3.8, 4) is 0 Å². The quantitative estimate of drug-likeness (QED) is 0.707. The van der Waals surface area contributed by atoms with Gasteiger partial charge in [-0.05, 0) is 24.4 Å². The predicted octanol–water partition coefficient (Wildman–Crippen LogP) is 1.68. The van der Waals surface area contributed by atoms with Crippen LogP contribution in [0.5, 0.6) is 0 Å². The van der Waals surface area contributed by atoms with Crippen molar-refractivity contribution in [2.24, 2.45) is 0 Å². The average Bonchev–Trinajstić information content (AvgIpc) is 3.38. The van der Waals surface area contributed by atoms with E-state index in [9.17, 15) is 9.59 Å². The van der Waals surface area contributed by atoms with E-state index >= 15 is 0 Å². The number of fused-ring (bicyclic) bond motifs is 5. The van der Waals surface area contributed by atoms with Crippen molar-refractivity contribution in [3.05, 3.63) is 29.0 Å². The van der Waals surface area contributed by atoms with Gasteiger partial charge in [-0.2, -0.15) is 0 Å². The Hall–Kier alpha value is -1.91. The van der Waals surface area contributed by atoms with Crippen molar-refractivity contribution >= 4 is 34.8 Å². The third kappa shape index (κ3) is 2.28. The zero-order chi connectivity index (χ0) is 19.0. The van der Waals surface area contributed by atoms with Gasteiger partial charge in [-0.1, -0.05) is 12.1 Å². The van der Waals surface area contributed by atoms with Crippen molar-refractivity contribution in [2.45, 2.75) is 49.7 Å². The third-order valence-electron chi connectivity index (χ3n) is 6.10. The first-order chi connectivity index (χ1) is 13.6. The molecule has 146 valence electrons. The van der Waals surface area contributed by atoms with Gasteiger partial charge in [-0.15, -0.1) is 0 Å². The molecular weight excluding hydrogens is 384 g/mol. The van der Waals surface area contributed by atoms with Gasteiger partial charge in [0.15, 0.2) is 16.3 Å². The van der Waals surface area contributed by atoms with Gasteiger partial charge in [0.05, 0.1) is 36.3 Å². The molecule has 0 unspecified atom stereocenters. The summed E-state index contributed by atoms with van der Waals surface area (Å²) in [6, 6.07) is 7.36. The highest BCUT2D eigenvalue weighted by Crippen LogP contribution is 2.39. The summed E-state index contributed by atoms with van der Waals surface area (Å²) >= 11 is 5.87. The van der Waals surface area contributed by atoms with Crippen molar-refractivity contribution in [2.75, 3.05) is 13.2 Å². The van der Waals surface area contributed by atoms with Gasteiger partial charge in [-0.3, -0.25) is 9.59 Å². The Bertz CT molecular complexity index is 980. The molecule has 6 atom stereocenters. The highest BCUT2D eigenvalue weighted by molar-refractivity contribution is 7.71. The molecule has 9 heteroatoms. The predicted molar refractivity (Wildman–Crippen MR) is 97.3 cm³/mol. The van der Waals surface area contributed by atoms with Gasteiger partial charge in [0.2, 0.25) is 12.6 Å². The highest BCUT2D eigenvalue weighted by atomic mass is 32.1. The SMILES string of the molecule is O=C1C[C@@H](n2c(=S)n([C@H]3CC(=O)[C@@H]4OC[C@@H]3O4)c3ccccc32)[C@@H]2CO[C@@H]1O2. The molecule has 6 rings (SSSR count). The fourth-order valence-electron chi connectivity index (χ4n) is 4.80. The number of aromatic nitrogens is 2. The van der Waals surface area contributed by atoms with E-state index in [0.717, 1.165) is 11.0 Å². The number of imidazole rings is 1.